The third-order valence-corrected chi connectivity index (χ3v) is 6.00. The largest absolute Gasteiger partial charge is 0.322 e. The van der Waals surface area contributed by atoms with Crippen molar-refractivity contribution in [1.29, 1.82) is 5.26 Å². The maximum atomic E-state index is 13.3. The first kappa shape index (κ1) is 20.7. The van der Waals surface area contributed by atoms with E-state index in [0.29, 0.717) is 16.8 Å². The highest BCUT2D eigenvalue weighted by atomic mass is 16.1. The van der Waals surface area contributed by atoms with Crippen LogP contribution in [0.3, 0.4) is 0 Å². The number of hydrogen-bond donors (Lipinski definition) is 1. The lowest BCUT2D eigenvalue weighted by atomic mass is 9.95. The van der Waals surface area contributed by atoms with Crippen LogP contribution in [0.5, 0.6) is 0 Å². The summed E-state index contributed by atoms with van der Waals surface area (Å²) in [4.78, 5) is 13.3. The highest BCUT2D eigenvalue weighted by Crippen LogP contribution is 2.29. The topological polar surface area (TPSA) is 83.6 Å². The zero-order chi connectivity index (χ0) is 22.6. The lowest BCUT2D eigenvalue weighted by Gasteiger charge is -2.12. The average molecular weight is 434 g/mol. The van der Waals surface area contributed by atoms with Gasteiger partial charge in [0.15, 0.2) is 5.82 Å². The minimum Gasteiger partial charge on any atom is -0.322 e. The van der Waals surface area contributed by atoms with Crippen molar-refractivity contribution in [1.82, 2.24) is 14.8 Å². The monoisotopic (exact) mass is 433 g/mol. The van der Waals surface area contributed by atoms with Crippen molar-refractivity contribution in [3.8, 4) is 28.6 Å². The van der Waals surface area contributed by atoms with E-state index in [2.05, 4.69) is 26.2 Å². The number of benzene rings is 3. The minimum atomic E-state index is -0.226. The van der Waals surface area contributed by atoms with Gasteiger partial charge in [-0.25, -0.2) is 0 Å². The van der Waals surface area contributed by atoms with E-state index >= 15 is 0 Å². The predicted molar refractivity (Wildman–Crippen MR) is 128 cm³/mol. The van der Waals surface area contributed by atoms with E-state index in [0.717, 1.165) is 54.1 Å². The number of anilines is 1. The van der Waals surface area contributed by atoms with Gasteiger partial charge < -0.3 is 9.88 Å². The molecule has 0 atom stereocenters. The molecule has 5 rings (SSSR count). The van der Waals surface area contributed by atoms with E-state index in [-0.39, 0.29) is 5.91 Å². The van der Waals surface area contributed by atoms with Crippen LogP contribution in [-0.4, -0.2) is 20.7 Å². The fourth-order valence-electron chi connectivity index (χ4n) is 4.36. The highest BCUT2D eigenvalue weighted by Gasteiger charge is 2.18. The Hall–Kier alpha value is -4.24. The number of fused-ring (bicyclic) bond motifs is 1. The van der Waals surface area contributed by atoms with E-state index in [9.17, 15) is 10.1 Å². The van der Waals surface area contributed by atoms with Crippen molar-refractivity contribution in [3.05, 3.63) is 89.7 Å². The highest BCUT2D eigenvalue weighted by molar-refractivity contribution is 6.09. The molecule has 0 fully saturated rings. The predicted octanol–water partition coefficient (Wildman–Crippen LogP) is 5.46. The Kier molecular flexibility index (Phi) is 5.69. The third-order valence-electron chi connectivity index (χ3n) is 6.00. The molecule has 0 saturated carbocycles. The Morgan fingerprint density at radius 1 is 0.909 bits per heavy atom. The number of carbonyl (C=O) groups excluding carboxylic acids is 1. The van der Waals surface area contributed by atoms with Crippen molar-refractivity contribution in [2.24, 2.45) is 0 Å². The second-order valence-corrected chi connectivity index (χ2v) is 8.14. The molecule has 2 heterocycles. The summed E-state index contributed by atoms with van der Waals surface area (Å²) >= 11 is 0. The van der Waals surface area contributed by atoms with Crippen LogP contribution < -0.4 is 5.32 Å². The van der Waals surface area contributed by atoms with Gasteiger partial charge in [-0.2, -0.15) is 5.26 Å². The SMILES string of the molecule is N#Cc1ccccc1-c1ccccc1C(=O)Nc1cccc(-c2nnc3n2CCCCC3)c1. The maximum Gasteiger partial charge on any atom is 0.256 e. The van der Waals surface area contributed by atoms with Crippen LogP contribution in [0, 0.1) is 11.3 Å². The molecule has 3 aromatic carbocycles. The van der Waals surface area contributed by atoms with Gasteiger partial charge in [-0.1, -0.05) is 55.0 Å². The molecular formula is C27H23N5O. The van der Waals surface area contributed by atoms with Crippen LogP contribution in [0.25, 0.3) is 22.5 Å². The summed E-state index contributed by atoms with van der Waals surface area (Å²) in [6.45, 7) is 0.917. The van der Waals surface area contributed by atoms with Gasteiger partial charge in [0.1, 0.15) is 5.82 Å². The molecule has 0 unspecified atom stereocenters. The number of nitrogens with zero attached hydrogens (tertiary/aromatic N) is 4. The standard InChI is InChI=1S/C27H23N5O/c28-18-20-9-3-4-12-22(20)23-13-5-6-14-24(23)27(33)29-21-11-8-10-19(17-21)26-31-30-25-15-2-1-7-16-32(25)26/h3-6,8-14,17H,1-2,7,15-16H2,(H,29,33). The Bertz CT molecular complexity index is 1360. The number of amides is 1. The smallest absolute Gasteiger partial charge is 0.256 e. The summed E-state index contributed by atoms with van der Waals surface area (Å²) in [7, 11) is 0. The van der Waals surface area contributed by atoms with E-state index in [1.165, 1.54) is 6.42 Å². The molecule has 0 spiro atoms. The van der Waals surface area contributed by atoms with Crippen molar-refractivity contribution >= 4 is 11.6 Å². The molecule has 6 nitrogen and oxygen atoms in total. The van der Waals surface area contributed by atoms with Crippen LogP contribution in [0.15, 0.2) is 72.8 Å². The van der Waals surface area contributed by atoms with E-state index < -0.39 is 0 Å². The van der Waals surface area contributed by atoms with Gasteiger partial charge in [0, 0.05) is 35.3 Å². The number of rotatable bonds is 4. The first-order chi connectivity index (χ1) is 16.2. The van der Waals surface area contributed by atoms with E-state index in [1.54, 1.807) is 12.1 Å². The molecule has 0 bridgehead atoms. The number of hydrogen-bond acceptors (Lipinski definition) is 4. The summed E-state index contributed by atoms with van der Waals surface area (Å²) in [5.41, 5.74) is 4.13. The lowest BCUT2D eigenvalue weighted by molar-refractivity contribution is 0.102. The lowest BCUT2D eigenvalue weighted by Crippen LogP contribution is -2.13. The Labute approximate surface area is 192 Å². The quantitative estimate of drug-likeness (QED) is 0.463. The van der Waals surface area contributed by atoms with Gasteiger partial charge in [0.05, 0.1) is 11.6 Å². The second kappa shape index (κ2) is 9.09. The third kappa shape index (κ3) is 4.13. The van der Waals surface area contributed by atoms with E-state index in [4.69, 9.17) is 0 Å². The Morgan fingerprint density at radius 3 is 2.61 bits per heavy atom. The molecule has 0 saturated heterocycles. The zero-order valence-electron chi connectivity index (χ0n) is 18.2. The van der Waals surface area contributed by atoms with Crippen molar-refractivity contribution in [3.63, 3.8) is 0 Å². The number of aromatic nitrogens is 3. The van der Waals surface area contributed by atoms with Crippen LogP contribution in [0.1, 0.15) is 41.0 Å². The molecule has 1 aliphatic rings. The Morgan fingerprint density at radius 2 is 1.73 bits per heavy atom. The maximum absolute atomic E-state index is 13.3. The summed E-state index contributed by atoms with van der Waals surface area (Å²) in [5, 5.41) is 21.3. The van der Waals surface area contributed by atoms with Gasteiger partial charge in [-0.15, -0.1) is 10.2 Å². The number of aryl methyl sites for hydroxylation is 1. The fraction of sp³-hybridized carbons (Fsp3) is 0.185. The second-order valence-electron chi connectivity index (χ2n) is 8.14. The molecule has 1 aliphatic heterocycles. The number of nitriles is 1. The molecule has 1 amide bonds. The van der Waals surface area contributed by atoms with Gasteiger partial charge in [0.2, 0.25) is 0 Å². The van der Waals surface area contributed by atoms with Crippen molar-refractivity contribution in [2.45, 2.75) is 32.2 Å². The molecule has 1 N–H and O–H groups in total. The van der Waals surface area contributed by atoms with Gasteiger partial charge in [-0.3, -0.25) is 4.79 Å². The first-order valence-electron chi connectivity index (χ1n) is 11.2. The number of nitrogens with one attached hydrogen (secondary N) is 1. The van der Waals surface area contributed by atoms with Crippen LogP contribution in [-0.2, 0) is 13.0 Å². The summed E-state index contributed by atoms with van der Waals surface area (Å²) < 4.78 is 2.20. The molecule has 0 radical (unpaired) electrons. The summed E-state index contributed by atoms with van der Waals surface area (Å²) in [6.07, 6.45) is 4.41. The summed E-state index contributed by atoms with van der Waals surface area (Å²) in [5.74, 6) is 1.64. The van der Waals surface area contributed by atoms with Crippen LogP contribution in [0.2, 0.25) is 0 Å². The minimum absolute atomic E-state index is 0.226. The molecule has 6 heteroatoms. The molecule has 1 aromatic heterocycles. The van der Waals surface area contributed by atoms with Crippen LogP contribution in [0.4, 0.5) is 5.69 Å². The van der Waals surface area contributed by atoms with Gasteiger partial charge >= 0.3 is 0 Å². The van der Waals surface area contributed by atoms with Gasteiger partial charge in [-0.05, 0) is 42.7 Å². The number of carbonyl (C=O) groups is 1. The molecule has 162 valence electrons. The normalized spacial score (nSPS) is 12.9. The van der Waals surface area contributed by atoms with Gasteiger partial charge in [0.25, 0.3) is 5.91 Å². The average Bonchev–Trinajstić information content (AvgIpc) is 3.12. The first-order valence-corrected chi connectivity index (χ1v) is 11.2. The summed E-state index contributed by atoms with van der Waals surface area (Å²) in [6, 6.07) is 24.6. The Balaban J connectivity index is 1.45. The zero-order valence-corrected chi connectivity index (χ0v) is 18.2. The molecule has 0 aliphatic carbocycles. The molecule has 4 aromatic rings. The van der Waals surface area contributed by atoms with Crippen molar-refractivity contribution in [2.75, 3.05) is 5.32 Å². The van der Waals surface area contributed by atoms with Crippen molar-refractivity contribution < 1.29 is 4.79 Å². The molecule has 33 heavy (non-hydrogen) atoms. The molecular weight excluding hydrogens is 410 g/mol. The van der Waals surface area contributed by atoms with E-state index in [1.807, 2.05) is 60.7 Å². The van der Waals surface area contributed by atoms with Crippen LogP contribution >= 0.6 is 0 Å². The fourth-order valence-corrected chi connectivity index (χ4v) is 4.36.